The van der Waals surface area contributed by atoms with Crippen LogP contribution in [0.25, 0.3) is 10.9 Å². The predicted octanol–water partition coefficient (Wildman–Crippen LogP) is 2.80. The highest BCUT2D eigenvalue weighted by Crippen LogP contribution is 2.34. The van der Waals surface area contributed by atoms with Crippen molar-refractivity contribution in [3.8, 4) is 5.75 Å². The van der Waals surface area contributed by atoms with Gasteiger partial charge >= 0.3 is 0 Å². The molecule has 3 nitrogen and oxygen atoms in total. The molecule has 0 bridgehead atoms. The molecule has 0 aliphatic carbocycles. The van der Waals surface area contributed by atoms with E-state index < -0.39 is 0 Å². The van der Waals surface area contributed by atoms with E-state index in [0.717, 1.165) is 31.6 Å². The molecule has 2 aromatic rings. The number of aromatic nitrogens is 1. The van der Waals surface area contributed by atoms with Crippen molar-refractivity contribution in [1.29, 1.82) is 0 Å². The van der Waals surface area contributed by atoms with Crippen LogP contribution < -0.4 is 10.5 Å². The number of H-pyrrole nitrogens is 1. The zero-order valence-corrected chi connectivity index (χ0v) is 11.3. The molecular formula is C14H19ClN2O. The molecule has 2 heterocycles. The van der Waals surface area contributed by atoms with Crippen LogP contribution >= 0.6 is 12.4 Å². The fraction of sp³-hybridized carbons (Fsp3) is 0.429. The van der Waals surface area contributed by atoms with Crippen LogP contribution in [0.5, 0.6) is 5.75 Å². The number of aromatic amines is 1. The summed E-state index contributed by atoms with van der Waals surface area (Å²) < 4.78 is 5.72. The second-order valence-corrected chi connectivity index (χ2v) is 4.91. The molecule has 1 atom stereocenters. The third kappa shape index (κ3) is 2.20. The Morgan fingerprint density at radius 3 is 3.06 bits per heavy atom. The second-order valence-electron chi connectivity index (χ2n) is 4.91. The zero-order chi connectivity index (χ0) is 11.8. The first-order valence-corrected chi connectivity index (χ1v) is 6.26. The summed E-state index contributed by atoms with van der Waals surface area (Å²) in [5.74, 6) is 1.05. The summed E-state index contributed by atoms with van der Waals surface area (Å²) in [4.78, 5) is 3.33. The lowest BCUT2D eigenvalue weighted by Gasteiger charge is -2.18. The van der Waals surface area contributed by atoms with Gasteiger partial charge in [-0.15, -0.1) is 12.4 Å². The van der Waals surface area contributed by atoms with Crippen LogP contribution in [-0.2, 0) is 12.8 Å². The highest BCUT2D eigenvalue weighted by atomic mass is 35.5. The third-order valence-corrected chi connectivity index (χ3v) is 3.36. The monoisotopic (exact) mass is 266 g/mol. The Kier molecular flexibility index (Phi) is 3.83. The van der Waals surface area contributed by atoms with Gasteiger partial charge in [-0.05, 0) is 43.9 Å². The van der Waals surface area contributed by atoms with Gasteiger partial charge in [-0.2, -0.15) is 0 Å². The van der Waals surface area contributed by atoms with Gasteiger partial charge in [-0.3, -0.25) is 0 Å². The lowest BCUT2D eigenvalue weighted by atomic mass is 9.97. The first-order chi connectivity index (χ1) is 8.25. The Morgan fingerprint density at radius 1 is 1.44 bits per heavy atom. The first-order valence-electron chi connectivity index (χ1n) is 6.26. The van der Waals surface area contributed by atoms with E-state index in [1.165, 1.54) is 22.0 Å². The van der Waals surface area contributed by atoms with Gasteiger partial charge in [-0.1, -0.05) is 0 Å². The van der Waals surface area contributed by atoms with Crippen LogP contribution in [0.2, 0.25) is 0 Å². The molecule has 0 radical (unpaired) electrons. The average molecular weight is 267 g/mol. The number of benzene rings is 1. The van der Waals surface area contributed by atoms with E-state index in [1.54, 1.807) is 0 Å². The summed E-state index contributed by atoms with van der Waals surface area (Å²) in [5.41, 5.74) is 9.77. The minimum atomic E-state index is 0. The van der Waals surface area contributed by atoms with Gasteiger partial charge in [0.05, 0.1) is 6.61 Å². The lowest BCUT2D eigenvalue weighted by Crippen LogP contribution is -2.17. The standard InChI is InChI=1S/C14H18N2O.ClH/c1-9(15)7-10-8-16-12-4-5-13-11(14(10)12)3-2-6-17-13;/h4-5,8-9,16H,2-3,6-7,15H2,1H3;1H. The average Bonchev–Trinajstić information content (AvgIpc) is 2.72. The molecule has 3 rings (SSSR count). The summed E-state index contributed by atoms with van der Waals surface area (Å²) in [5, 5.41) is 1.33. The number of hydrogen-bond donors (Lipinski definition) is 2. The topological polar surface area (TPSA) is 51.0 Å². The Morgan fingerprint density at radius 2 is 2.28 bits per heavy atom. The van der Waals surface area contributed by atoms with Gasteiger partial charge in [0, 0.05) is 28.7 Å². The molecule has 0 spiro atoms. The maximum absolute atomic E-state index is 5.91. The van der Waals surface area contributed by atoms with Crippen LogP contribution in [0.3, 0.4) is 0 Å². The molecular weight excluding hydrogens is 248 g/mol. The van der Waals surface area contributed by atoms with E-state index in [1.807, 2.05) is 6.92 Å². The number of ether oxygens (including phenoxy) is 1. The summed E-state index contributed by atoms with van der Waals surface area (Å²) >= 11 is 0. The predicted molar refractivity (Wildman–Crippen MR) is 76.7 cm³/mol. The molecule has 0 saturated heterocycles. The van der Waals surface area contributed by atoms with E-state index in [9.17, 15) is 0 Å². The van der Waals surface area contributed by atoms with Gasteiger partial charge in [0.2, 0.25) is 0 Å². The normalized spacial score (nSPS) is 15.7. The highest BCUT2D eigenvalue weighted by Gasteiger charge is 2.17. The van der Waals surface area contributed by atoms with Crippen molar-refractivity contribution in [1.82, 2.24) is 4.98 Å². The summed E-state index contributed by atoms with van der Waals surface area (Å²) in [6.07, 6.45) is 5.21. The van der Waals surface area contributed by atoms with Gasteiger partial charge in [0.15, 0.2) is 0 Å². The van der Waals surface area contributed by atoms with Crippen LogP contribution in [-0.4, -0.2) is 17.6 Å². The number of hydrogen-bond acceptors (Lipinski definition) is 2. The Balaban J connectivity index is 0.00000120. The van der Waals surface area contributed by atoms with Crippen LogP contribution in [0.4, 0.5) is 0 Å². The molecule has 0 fully saturated rings. The first kappa shape index (κ1) is 13.2. The SMILES string of the molecule is CC(N)Cc1c[nH]c2ccc3c(c12)CCCO3.Cl. The maximum Gasteiger partial charge on any atom is 0.123 e. The Bertz CT molecular complexity index is 548. The van der Waals surface area contributed by atoms with Crippen molar-refractivity contribution in [3.05, 3.63) is 29.5 Å². The van der Waals surface area contributed by atoms with Crippen molar-refractivity contribution < 1.29 is 4.74 Å². The third-order valence-electron chi connectivity index (χ3n) is 3.36. The van der Waals surface area contributed by atoms with Crippen molar-refractivity contribution >= 4 is 23.3 Å². The Hall–Kier alpha value is -1.19. The quantitative estimate of drug-likeness (QED) is 0.878. The van der Waals surface area contributed by atoms with Crippen LogP contribution in [0.1, 0.15) is 24.5 Å². The molecule has 1 aliphatic heterocycles. The lowest BCUT2D eigenvalue weighted by molar-refractivity contribution is 0.289. The highest BCUT2D eigenvalue weighted by molar-refractivity contribution is 5.89. The molecule has 3 N–H and O–H groups in total. The minimum absolute atomic E-state index is 0. The number of aryl methyl sites for hydroxylation is 1. The van der Waals surface area contributed by atoms with E-state index in [0.29, 0.717) is 0 Å². The van der Waals surface area contributed by atoms with E-state index in [4.69, 9.17) is 10.5 Å². The number of halogens is 1. The number of nitrogens with one attached hydrogen (secondary N) is 1. The van der Waals surface area contributed by atoms with Crippen molar-refractivity contribution in [2.45, 2.75) is 32.2 Å². The molecule has 1 unspecified atom stereocenters. The molecule has 18 heavy (non-hydrogen) atoms. The van der Waals surface area contributed by atoms with E-state index >= 15 is 0 Å². The molecule has 4 heteroatoms. The summed E-state index contributed by atoms with van der Waals surface area (Å²) in [6, 6.07) is 4.36. The molecule has 0 amide bonds. The maximum atomic E-state index is 5.91. The molecule has 98 valence electrons. The van der Waals surface area contributed by atoms with E-state index in [-0.39, 0.29) is 18.4 Å². The van der Waals surface area contributed by atoms with Crippen LogP contribution in [0.15, 0.2) is 18.3 Å². The molecule has 1 aromatic heterocycles. The minimum Gasteiger partial charge on any atom is -0.493 e. The Labute approximate surface area is 113 Å². The largest absolute Gasteiger partial charge is 0.493 e. The fourth-order valence-corrected chi connectivity index (χ4v) is 2.68. The van der Waals surface area contributed by atoms with Crippen LogP contribution in [0, 0.1) is 0 Å². The second kappa shape index (κ2) is 5.21. The van der Waals surface area contributed by atoms with Gasteiger partial charge in [0.1, 0.15) is 5.75 Å². The number of nitrogens with two attached hydrogens (primary N) is 1. The summed E-state index contributed by atoms with van der Waals surface area (Å²) in [6.45, 7) is 2.89. The number of rotatable bonds is 2. The molecule has 0 saturated carbocycles. The fourth-order valence-electron chi connectivity index (χ4n) is 2.68. The van der Waals surface area contributed by atoms with Gasteiger partial charge < -0.3 is 15.5 Å². The zero-order valence-electron chi connectivity index (χ0n) is 10.5. The summed E-state index contributed by atoms with van der Waals surface area (Å²) in [7, 11) is 0. The van der Waals surface area contributed by atoms with E-state index in [2.05, 4.69) is 23.3 Å². The van der Waals surface area contributed by atoms with Gasteiger partial charge in [-0.25, -0.2) is 0 Å². The van der Waals surface area contributed by atoms with Crippen molar-refractivity contribution in [2.75, 3.05) is 6.61 Å². The van der Waals surface area contributed by atoms with Crippen molar-refractivity contribution in [3.63, 3.8) is 0 Å². The molecule has 1 aliphatic rings. The smallest absolute Gasteiger partial charge is 0.123 e. The number of fused-ring (bicyclic) bond motifs is 3. The molecule has 1 aromatic carbocycles. The van der Waals surface area contributed by atoms with Gasteiger partial charge in [0.25, 0.3) is 0 Å². The van der Waals surface area contributed by atoms with Crippen molar-refractivity contribution in [2.24, 2.45) is 5.73 Å².